The van der Waals surface area contributed by atoms with Crippen molar-refractivity contribution in [2.75, 3.05) is 6.61 Å². The Bertz CT molecular complexity index is 260. The minimum Gasteiger partial charge on any atom is -0.392 e. The van der Waals surface area contributed by atoms with Gasteiger partial charge in [0.2, 0.25) is 0 Å². The van der Waals surface area contributed by atoms with Crippen molar-refractivity contribution in [2.24, 2.45) is 0 Å². The van der Waals surface area contributed by atoms with Crippen LogP contribution in [0.25, 0.3) is 6.08 Å². The van der Waals surface area contributed by atoms with Gasteiger partial charge >= 0.3 is 0 Å². The average molecular weight is 160 g/mol. The topological polar surface area (TPSA) is 20.2 Å². The maximum atomic E-state index is 8.44. The lowest BCUT2D eigenvalue weighted by molar-refractivity contribution is 0.343. The lowest BCUT2D eigenvalue weighted by Gasteiger charge is -1.87. The second-order valence-electron chi connectivity index (χ2n) is 2.38. The molecular weight excluding hydrogens is 148 g/mol. The van der Waals surface area contributed by atoms with E-state index in [-0.39, 0.29) is 6.61 Å². The minimum absolute atomic E-state index is 0.0964. The molecule has 1 aromatic carbocycles. The minimum atomic E-state index is 0.0964. The zero-order valence-corrected chi connectivity index (χ0v) is 6.85. The van der Waals surface area contributed by atoms with E-state index < -0.39 is 0 Å². The molecule has 0 bridgehead atoms. The van der Waals surface area contributed by atoms with Crippen molar-refractivity contribution in [2.45, 2.75) is 0 Å². The highest BCUT2D eigenvalue weighted by Gasteiger charge is 1.78. The Balaban J connectivity index is 2.52. The summed E-state index contributed by atoms with van der Waals surface area (Å²) >= 11 is 0. The highest BCUT2D eigenvalue weighted by molar-refractivity contribution is 5.50. The van der Waals surface area contributed by atoms with E-state index in [4.69, 9.17) is 5.11 Å². The molecule has 0 unspecified atom stereocenters. The van der Waals surface area contributed by atoms with E-state index in [0.29, 0.717) is 0 Å². The van der Waals surface area contributed by atoms with Crippen LogP contribution < -0.4 is 0 Å². The third-order valence-electron chi connectivity index (χ3n) is 1.44. The van der Waals surface area contributed by atoms with Gasteiger partial charge in [-0.05, 0) is 5.56 Å². The molecule has 0 saturated carbocycles. The first-order valence-electron chi connectivity index (χ1n) is 3.92. The maximum Gasteiger partial charge on any atom is 0.0615 e. The van der Waals surface area contributed by atoms with Crippen molar-refractivity contribution in [1.29, 1.82) is 0 Å². The zero-order chi connectivity index (χ0) is 8.65. The summed E-state index contributed by atoms with van der Waals surface area (Å²) in [6, 6.07) is 10.0. The highest BCUT2D eigenvalue weighted by Crippen LogP contribution is 2.00. The van der Waals surface area contributed by atoms with Crippen molar-refractivity contribution < 1.29 is 5.11 Å². The standard InChI is InChI=1S/C11H12O/c12-10-6-2-5-9-11-7-3-1-4-8-11/h1-9,12H,10H2. The predicted molar refractivity (Wildman–Crippen MR) is 51.7 cm³/mol. The molecule has 0 aliphatic rings. The van der Waals surface area contributed by atoms with Crippen molar-refractivity contribution in [1.82, 2.24) is 0 Å². The third-order valence-corrected chi connectivity index (χ3v) is 1.44. The Labute approximate surface area is 72.7 Å². The molecule has 1 heteroatoms. The van der Waals surface area contributed by atoms with Crippen LogP contribution in [0.2, 0.25) is 0 Å². The van der Waals surface area contributed by atoms with Gasteiger partial charge in [0.25, 0.3) is 0 Å². The second kappa shape index (κ2) is 5.33. The first-order chi connectivity index (χ1) is 5.93. The van der Waals surface area contributed by atoms with Gasteiger partial charge in [0.1, 0.15) is 0 Å². The van der Waals surface area contributed by atoms with Crippen molar-refractivity contribution >= 4 is 6.08 Å². The Morgan fingerprint density at radius 3 is 2.50 bits per heavy atom. The van der Waals surface area contributed by atoms with Gasteiger partial charge in [-0.3, -0.25) is 0 Å². The van der Waals surface area contributed by atoms with Crippen molar-refractivity contribution in [3.63, 3.8) is 0 Å². The van der Waals surface area contributed by atoms with E-state index in [1.807, 2.05) is 48.6 Å². The molecule has 0 aromatic heterocycles. The normalized spacial score (nSPS) is 11.4. The molecule has 0 atom stereocenters. The molecule has 62 valence electrons. The average Bonchev–Trinajstić information content (AvgIpc) is 2.14. The van der Waals surface area contributed by atoms with Crippen LogP contribution in [0.4, 0.5) is 0 Å². The summed E-state index contributed by atoms with van der Waals surface area (Å²) in [4.78, 5) is 0. The Kier molecular flexibility index (Phi) is 3.89. The summed E-state index contributed by atoms with van der Waals surface area (Å²) in [7, 11) is 0. The van der Waals surface area contributed by atoms with Gasteiger partial charge < -0.3 is 5.11 Å². The zero-order valence-electron chi connectivity index (χ0n) is 6.85. The van der Waals surface area contributed by atoms with E-state index in [2.05, 4.69) is 0 Å². The van der Waals surface area contributed by atoms with Gasteiger partial charge in [-0.1, -0.05) is 54.6 Å². The summed E-state index contributed by atoms with van der Waals surface area (Å²) in [5.74, 6) is 0. The quantitative estimate of drug-likeness (QED) is 0.672. The summed E-state index contributed by atoms with van der Waals surface area (Å²) < 4.78 is 0. The smallest absolute Gasteiger partial charge is 0.0615 e. The molecule has 0 amide bonds. The summed E-state index contributed by atoms with van der Waals surface area (Å²) in [5, 5.41) is 8.44. The molecule has 1 N–H and O–H groups in total. The van der Waals surface area contributed by atoms with Crippen LogP contribution in [0.5, 0.6) is 0 Å². The molecule has 12 heavy (non-hydrogen) atoms. The molecule has 0 aliphatic heterocycles. The van der Waals surface area contributed by atoms with Crippen LogP contribution in [0.3, 0.4) is 0 Å². The fourth-order valence-electron chi connectivity index (χ4n) is 0.870. The molecule has 0 fully saturated rings. The molecular formula is C11H12O. The van der Waals surface area contributed by atoms with Crippen molar-refractivity contribution in [3.05, 3.63) is 54.1 Å². The largest absolute Gasteiger partial charge is 0.392 e. The number of hydrogen-bond donors (Lipinski definition) is 1. The molecule has 0 heterocycles. The molecule has 1 rings (SSSR count). The number of allylic oxidation sites excluding steroid dienone is 2. The summed E-state index contributed by atoms with van der Waals surface area (Å²) in [5.41, 5.74) is 1.17. The Hall–Kier alpha value is -1.34. The molecule has 1 nitrogen and oxygen atoms in total. The lowest BCUT2D eigenvalue weighted by atomic mass is 10.2. The molecule has 0 aliphatic carbocycles. The fraction of sp³-hybridized carbons (Fsp3) is 0.0909. The van der Waals surface area contributed by atoms with Gasteiger partial charge in [0.15, 0.2) is 0 Å². The van der Waals surface area contributed by atoms with Gasteiger partial charge in [0.05, 0.1) is 6.61 Å². The summed E-state index contributed by atoms with van der Waals surface area (Å²) in [6.07, 6.45) is 7.42. The van der Waals surface area contributed by atoms with Gasteiger partial charge in [0, 0.05) is 0 Å². The number of benzene rings is 1. The first kappa shape index (κ1) is 8.75. The molecule has 0 spiro atoms. The van der Waals surface area contributed by atoms with Crippen LogP contribution in [0.15, 0.2) is 48.6 Å². The lowest BCUT2D eigenvalue weighted by Crippen LogP contribution is -1.69. The fourth-order valence-corrected chi connectivity index (χ4v) is 0.870. The molecule has 1 aromatic rings. The van der Waals surface area contributed by atoms with Crippen LogP contribution in [0, 0.1) is 0 Å². The SMILES string of the molecule is OCC=CC=Cc1ccccc1. The Morgan fingerprint density at radius 1 is 1.08 bits per heavy atom. The van der Waals surface area contributed by atoms with E-state index in [1.165, 1.54) is 5.56 Å². The van der Waals surface area contributed by atoms with Crippen LogP contribution in [0.1, 0.15) is 5.56 Å². The molecule has 0 saturated heterocycles. The Morgan fingerprint density at radius 2 is 1.83 bits per heavy atom. The number of rotatable bonds is 3. The van der Waals surface area contributed by atoms with Crippen molar-refractivity contribution in [3.8, 4) is 0 Å². The third kappa shape index (κ3) is 3.17. The molecule has 0 radical (unpaired) electrons. The van der Waals surface area contributed by atoms with E-state index in [0.717, 1.165) is 0 Å². The monoisotopic (exact) mass is 160 g/mol. The van der Waals surface area contributed by atoms with E-state index in [9.17, 15) is 0 Å². The van der Waals surface area contributed by atoms with E-state index in [1.54, 1.807) is 6.08 Å². The predicted octanol–water partition coefficient (Wildman–Crippen LogP) is 2.25. The first-order valence-corrected chi connectivity index (χ1v) is 3.92. The van der Waals surface area contributed by atoms with Gasteiger partial charge in [-0.25, -0.2) is 0 Å². The highest BCUT2D eigenvalue weighted by atomic mass is 16.2. The van der Waals surface area contributed by atoms with Gasteiger partial charge in [-0.15, -0.1) is 0 Å². The van der Waals surface area contributed by atoms with Crippen LogP contribution in [-0.2, 0) is 0 Å². The van der Waals surface area contributed by atoms with E-state index >= 15 is 0 Å². The van der Waals surface area contributed by atoms with Gasteiger partial charge in [-0.2, -0.15) is 0 Å². The van der Waals surface area contributed by atoms with Crippen LogP contribution >= 0.6 is 0 Å². The number of aliphatic hydroxyl groups is 1. The second-order valence-corrected chi connectivity index (χ2v) is 2.38. The number of aliphatic hydroxyl groups excluding tert-OH is 1. The number of hydrogen-bond acceptors (Lipinski definition) is 1. The van der Waals surface area contributed by atoms with Crippen LogP contribution in [-0.4, -0.2) is 11.7 Å². The maximum absolute atomic E-state index is 8.44. The summed E-state index contributed by atoms with van der Waals surface area (Å²) in [6.45, 7) is 0.0964.